The van der Waals surface area contributed by atoms with Crippen molar-refractivity contribution in [1.29, 1.82) is 0 Å². The van der Waals surface area contributed by atoms with Crippen molar-refractivity contribution in [3.8, 4) is 5.75 Å². The van der Waals surface area contributed by atoms with Crippen molar-refractivity contribution in [2.45, 2.75) is 94.9 Å². The molecule has 5 atom stereocenters. The number of ether oxygens (including phenoxy) is 2. The number of carbonyl (C=O) groups excluding carboxylic acids is 4. The van der Waals surface area contributed by atoms with Gasteiger partial charge in [-0.1, -0.05) is 134 Å². The Morgan fingerprint density at radius 3 is 1.96 bits per heavy atom. The molecular weight excluding hydrogens is 945 g/mol. The molecule has 5 aliphatic rings. The molecule has 14 heteroatoms. The van der Waals surface area contributed by atoms with Crippen LogP contribution in [0.5, 0.6) is 5.75 Å². The molecule has 11 rings (SSSR count). The normalized spacial score (nSPS) is 22.7. The highest BCUT2D eigenvalue weighted by atomic mass is 28.3. The van der Waals surface area contributed by atoms with Gasteiger partial charge < -0.3 is 24.4 Å². The molecule has 1 spiro atoms. The van der Waals surface area contributed by atoms with Gasteiger partial charge in [0.2, 0.25) is 17.7 Å². The lowest BCUT2D eigenvalue weighted by Crippen LogP contribution is -2.52. The van der Waals surface area contributed by atoms with Crippen LogP contribution in [0.1, 0.15) is 72.4 Å². The van der Waals surface area contributed by atoms with E-state index in [1.807, 2.05) is 133 Å². The van der Waals surface area contributed by atoms with E-state index in [4.69, 9.17) is 19.7 Å². The van der Waals surface area contributed by atoms with Gasteiger partial charge in [-0.3, -0.25) is 19.2 Å². The fourth-order valence-corrected chi connectivity index (χ4v) is 16.3. The first-order valence-corrected chi connectivity index (χ1v) is 28.7. The molecule has 0 aliphatic carbocycles. The van der Waals surface area contributed by atoms with Crippen LogP contribution < -0.4 is 24.8 Å². The third-order valence-corrected chi connectivity index (χ3v) is 20.5. The molecule has 0 radical (unpaired) electrons. The molecule has 1 saturated heterocycles. The summed E-state index contributed by atoms with van der Waals surface area (Å²) in [6, 6.07) is 48.6. The van der Waals surface area contributed by atoms with Crippen LogP contribution >= 0.6 is 0 Å². The smallest absolute Gasteiger partial charge is 0.264 e. The molecule has 1 fully saturated rings. The van der Waals surface area contributed by atoms with E-state index in [-0.39, 0.29) is 55.2 Å². The summed E-state index contributed by atoms with van der Waals surface area (Å²) in [6.07, 6.45) is 1.37. The van der Waals surface area contributed by atoms with Crippen molar-refractivity contribution in [3.63, 3.8) is 0 Å². The second-order valence-corrected chi connectivity index (χ2v) is 25.4. The molecule has 0 bridgehead atoms. The number of anilines is 3. The molecule has 0 aromatic heterocycles. The van der Waals surface area contributed by atoms with Gasteiger partial charge >= 0.3 is 0 Å². The Kier molecular flexibility index (Phi) is 13.0. The van der Waals surface area contributed by atoms with E-state index in [2.05, 4.69) is 38.2 Å². The van der Waals surface area contributed by atoms with Gasteiger partial charge in [-0.25, -0.2) is 10.0 Å². The van der Waals surface area contributed by atoms with Gasteiger partial charge in [0.25, 0.3) is 5.91 Å². The number of aliphatic hydroxyl groups excluding tert-OH is 1. The number of carbonyl (C=O) groups is 4. The average Bonchev–Trinajstić information content (AvgIpc) is 3.95. The zero-order valence-electron chi connectivity index (χ0n) is 42.2. The summed E-state index contributed by atoms with van der Waals surface area (Å²) in [5.74, 6) is -0.475. The first-order chi connectivity index (χ1) is 35.9. The third-order valence-electron chi connectivity index (χ3n) is 16.1. The van der Waals surface area contributed by atoms with Crippen LogP contribution in [0.4, 0.5) is 17.1 Å². The van der Waals surface area contributed by atoms with Crippen molar-refractivity contribution >= 4 is 65.4 Å². The number of rotatable bonds is 12. The second kappa shape index (κ2) is 19.7. The van der Waals surface area contributed by atoms with Gasteiger partial charge in [0.05, 0.1) is 75.4 Å². The van der Waals surface area contributed by atoms with E-state index in [0.717, 1.165) is 50.2 Å². The topological polar surface area (TPSA) is 145 Å². The minimum Gasteiger partial charge on any atom is -0.497 e. The van der Waals surface area contributed by atoms with Gasteiger partial charge in [0.15, 0.2) is 5.60 Å². The van der Waals surface area contributed by atoms with Crippen LogP contribution in [-0.4, -0.2) is 79.0 Å². The molecular formula is C60H60N6O7Si. The molecule has 0 saturated carbocycles. The molecule has 0 unspecified atom stereocenters. The van der Waals surface area contributed by atoms with Crippen LogP contribution in [0.3, 0.4) is 0 Å². The predicted molar refractivity (Wildman–Crippen MR) is 289 cm³/mol. The lowest BCUT2D eigenvalue weighted by molar-refractivity contribution is -0.151. The van der Waals surface area contributed by atoms with Crippen LogP contribution in [-0.2, 0) is 49.0 Å². The maximum Gasteiger partial charge on any atom is 0.264 e. The quantitative estimate of drug-likeness (QED) is 0.121. The number of fused-ring (bicyclic) bond motifs is 3. The summed E-state index contributed by atoms with van der Waals surface area (Å²) >= 11 is 0. The number of hydrogen-bond acceptors (Lipinski definition) is 9. The standard InChI is InChI=1S/C60H60N6O7Si/c1-39-58(74(3,4)49-25-23-48(72-2)24-26-49)54(35-57(70)63-37-44-20-12-11-19-43(44)33-47(63)38-67)73-60(39)50-34-46(66-56(69)31-28-52(62-66)42-17-9-6-10-18-42)22-29-53(50)64(59(60)71)36-40-14-13-21-45(32-40)65-55(68)30-27-51(61-65)41-15-7-5-8-16-41/h5-26,29,32,34,39,47,54,58,67H,27-28,30-31,33,35-38H2,1-4H3/t39-,47-,54+,58-,60+/m0/s1. The van der Waals surface area contributed by atoms with Crippen LogP contribution in [0.2, 0.25) is 18.6 Å². The van der Waals surface area contributed by atoms with Crippen molar-refractivity contribution in [1.82, 2.24) is 4.90 Å². The lowest BCUT2D eigenvalue weighted by atomic mass is 9.82. The number of hydrazone groups is 2. The second-order valence-electron chi connectivity index (χ2n) is 20.7. The SMILES string of the molecule is COc1ccc([Si](C)(C)[C@@H]2[C@@H](CC(=O)N3Cc4ccccc4C[C@H]3CO)O[C@]3(C(=O)N(Cc4cccc(N5N=C(c6ccccc6)CCC5=O)c4)c4ccc(N5N=C(c6ccccc6)CCC5=O)cc43)[C@H]2C)cc1. The zero-order chi connectivity index (χ0) is 51.3. The van der Waals surface area contributed by atoms with E-state index in [1.165, 1.54) is 10.0 Å². The monoisotopic (exact) mass is 1000 g/mol. The Balaban J connectivity index is 1.02. The Bertz CT molecular complexity index is 3220. The molecule has 13 nitrogen and oxygen atoms in total. The van der Waals surface area contributed by atoms with Gasteiger partial charge in [-0.15, -0.1) is 0 Å². The van der Waals surface area contributed by atoms with Crippen LogP contribution in [0.25, 0.3) is 0 Å². The maximum atomic E-state index is 16.2. The molecule has 5 heterocycles. The van der Waals surface area contributed by atoms with Crippen molar-refractivity contribution in [2.24, 2.45) is 16.1 Å². The first-order valence-electron chi connectivity index (χ1n) is 25.6. The molecule has 6 aromatic rings. The first kappa shape index (κ1) is 48.7. The maximum absolute atomic E-state index is 16.2. The highest BCUT2D eigenvalue weighted by Crippen LogP contribution is 2.61. The van der Waals surface area contributed by atoms with Crippen LogP contribution in [0, 0.1) is 5.92 Å². The number of nitrogens with zero attached hydrogens (tertiary/aromatic N) is 6. The number of aliphatic hydroxyl groups is 1. The zero-order valence-corrected chi connectivity index (χ0v) is 43.2. The van der Waals surface area contributed by atoms with E-state index >= 15 is 9.59 Å². The fraction of sp³-hybridized carbons (Fsp3) is 0.300. The number of benzene rings is 6. The number of methoxy groups -OCH3 is 1. The summed E-state index contributed by atoms with van der Waals surface area (Å²) in [7, 11) is -1.08. The summed E-state index contributed by atoms with van der Waals surface area (Å²) in [6.45, 7) is 6.94. The van der Waals surface area contributed by atoms with Gasteiger partial charge in [0, 0.05) is 43.7 Å². The highest BCUT2D eigenvalue weighted by molar-refractivity contribution is 6.91. The van der Waals surface area contributed by atoms with Gasteiger partial charge in [-0.2, -0.15) is 10.2 Å². The molecule has 74 heavy (non-hydrogen) atoms. The largest absolute Gasteiger partial charge is 0.497 e. The summed E-state index contributed by atoms with van der Waals surface area (Å²) in [4.78, 5) is 62.2. The average molecular weight is 1010 g/mol. The van der Waals surface area contributed by atoms with Crippen molar-refractivity contribution in [3.05, 3.63) is 185 Å². The van der Waals surface area contributed by atoms with Gasteiger partial charge in [-0.05, 0) is 82.2 Å². The van der Waals surface area contributed by atoms with E-state index in [0.29, 0.717) is 54.9 Å². The predicted octanol–water partition coefficient (Wildman–Crippen LogP) is 8.86. The Labute approximate surface area is 432 Å². The Morgan fingerprint density at radius 1 is 0.730 bits per heavy atom. The van der Waals surface area contributed by atoms with Gasteiger partial charge in [0.1, 0.15) is 5.75 Å². The Hall–Kier alpha value is -7.52. The minimum absolute atomic E-state index is 0.0168. The molecule has 1 N–H and O–H groups in total. The molecule has 4 amide bonds. The highest BCUT2D eigenvalue weighted by Gasteiger charge is 2.67. The summed E-state index contributed by atoms with van der Waals surface area (Å²) in [5, 5.41) is 24.5. The van der Waals surface area contributed by atoms with E-state index in [1.54, 1.807) is 16.9 Å². The molecule has 6 aromatic carbocycles. The third kappa shape index (κ3) is 8.63. The van der Waals surface area contributed by atoms with E-state index in [9.17, 15) is 14.7 Å². The Morgan fingerprint density at radius 2 is 1.34 bits per heavy atom. The number of amides is 4. The van der Waals surface area contributed by atoms with Crippen molar-refractivity contribution in [2.75, 3.05) is 28.6 Å². The van der Waals surface area contributed by atoms with E-state index < -0.39 is 31.7 Å². The molecule has 5 aliphatic heterocycles. The lowest BCUT2D eigenvalue weighted by Gasteiger charge is -2.39. The summed E-state index contributed by atoms with van der Waals surface area (Å²) in [5.41, 5.74) is 6.83. The van der Waals surface area contributed by atoms with Crippen molar-refractivity contribution < 1.29 is 33.8 Å². The minimum atomic E-state index is -2.72. The summed E-state index contributed by atoms with van der Waals surface area (Å²) < 4.78 is 13.1. The molecule has 376 valence electrons. The number of hydrogen-bond donors (Lipinski definition) is 1. The van der Waals surface area contributed by atoms with Crippen LogP contribution in [0.15, 0.2) is 162 Å². The fourth-order valence-electron chi connectivity index (χ4n) is 12.3.